The van der Waals surface area contributed by atoms with E-state index in [2.05, 4.69) is 14.9 Å². The molecule has 1 saturated heterocycles. The van der Waals surface area contributed by atoms with Gasteiger partial charge in [0.15, 0.2) is 0 Å². The maximum absolute atomic E-state index is 13.8. The smallest absolute Gasteiger partial charge is 0.240 e. The van der Waals surface area contributed by atoms with E-state index in [0.29, 0.717) is 18.7 Å². The molecule has 8 heteroatoms. The van der Waals surface area contributed by atoms with Crippen LogP contribution >= 0.6 is 11.5 Å². The van der Waals surface area contributed by atoms with Crippen LogP contribution in [0.5, 0.6) is 0 Å². The van der Waals surface area contributed by atoms with Crippen LogP contribution in [0.15, 0.2) is 23.6 Å². The van der Waals surface area contributed by atoms with E-state index in [-0.39, 0.29) is 18.5 Å². The Bertz CT molecular complexity index is 680. The lowest BCUT2D eigenvalue weighted by atomic mass is 10.0. The first-order chi connectivity index (χ1) is 11.1. The predicted molar refractivity (Wildman–Crippen MR) is 81.5 cm³/mol. The Balaban J connectivity index is 1.62. The van der Waals surface area contributed by atoms with Crippen LogP contribution in [0.4, 0.5) is 8.78 Å². The maximum atomic E-state index is 13.8. The minimum Gasteiger partial charge on any atom is -0.337 e. The molecule has 0 bridgehead atoms. The average Bonchev–Trinajstić information content (AvgIpc) is 3.04. The first-order valence-electron chi connectivity index (χ1n) is 7.35. The first-order valence-corrected chi connectivity index (χ1v) is 8.19. The monoisotopic (exact) mass is 338 g/mol. The molecule has 1 aromatic carbocycles. The minimum atomic E-state index is -0.624. The zero-order valence-electron chi connectivity index (χ0n) is 12.3. The highest BCUT2D eigenvalue weighted by molar-refractivity contribution is 7.03. The summed E-state index contributed by atoms with van der Waals surface area (Å²) in [7, 11) is 0. The van der Waals surface area contributed by atoms with Crippen molar-refractivity contribution in [2.24, 2.45) is 0 Å². The van der Waals surface area contributed by atoms with Gasteiger partial charge >= 0.3 is 0 Å². The molecular weight excluding hydrogens is 322 g/mol. The predicted octanol–water partition coefficient (Wildman–Crippen LogP) is 2.10. The number of carbonyl (C=O) groups is 1. The summed E-state index contributed by atoms with van der Waals surface area (Å²) in [5, 5.41) is 8.93. The molecule has 5 nitrogen and oxygen atoms in total. The lowest BCUT2D eigenvalue weighted by Crippen LogP contribution is -2.50. The number of amides is 1. The second-order valence-corrected chi connectivity index (χ2v) is 6.08. The molecule has 1 aliphatic rings. The average molecular weight is 338 g/mol. The van der Waals surface area contributed by atoms with Crippen LogP contribution in [0.25, 0.3) is 0 Å². The van der Waals surface area contributed by atoms with Gasteiger partial charge in [0.25, 0.3) is 0 Å². The van der Waals surface area contributed by atoms with Crippen molar-refractivity contribution in [1.82, 2.24) is 19.8 Å². The van der Waals surface area contributed by atoms with Crippen LogP contribution < -0.4 is 5.32 Å². The van der Waals surface area contributed by atoms with Gasteiger partial charge in [0.2, 0.25) is 5.91 Å². The van der Waals surface area contributed by atoms with Crippen LogP contribution in [-0.2, 0) is 17.9 Å². The molecule has 3 rings (SSSR count). The second kappa shape index (κ2) is 7.10. The van der Waals surface area contributed by atoms with Crippen molar-refractivity contribution in [2.75, 3.05) is 6.54 Å². The summed E-state index contributed by atoms with van der Waals surface area (Å²) in [5.74, 6) is -1.31. The third kappa shape index (κ3) is 3.89. The van der Waals surface area contributed by atoms with Crippen LogP contribution in [0.2, 0.25) is 0 Å². The Morgan fingerprint density at radius 3 is 3.00 bits per heavy atom. The van der Waals surface area contributed by atoms with E-state index < -0.39 is 11.6 Å². The lowest BCUT2D eigenvalue weighted by Gasteiger charge is -2.32. The Hall–Kier alpha value is -1.93. The molecule has 0 aliphatic carbocycles. The van der Waals surface area contributed by atoms with E-state index in [1.54, 1.807) is 4.90 Å². The van der Waals surface area contributed by atoms with Crippen LogP contribution in [0.1, 0.15) is 24.1 Å². The normalized spacial score (nSPS) is 18.4. The van der Waals surface area contributed by atoms with Gasteiger partial charge in [-0.25, -0.2) is 8.78 Å². The van der Waals surface area contributed by atoms with Crippen LogP contribution in [-0.4, -0.2) is 33.0 Å². The SMILES string of the molecule is O=C1[C@@H](NCc2csnn2)CCCN1Cc1ccc(F)cc1F. The number of nitrogens with zero attached hydrogens (tertiary/aromatic N) is 3. The molecule has 0 radical (unpaired) electrons. The van der Waals surface area contributed by atoms with Crippen molar-refractivity contribution in [3.05, 3.63) is 46.5 Å². The summed E-state index contributed by atoms with van der Waals surface area (Å²) >= 11 is 1.26. The third-order valence-corrected chi connectivity index (χ3v) is 4.40. The minimum absolute atomic E-state index is 0.0665. The van der Waals surface area contributed by atoms with Crippen molar-refractivity contribution in [3.63, 3.8) is 0 Å². The summed E-state index contributed by atoms with van der Waals surface area (Å²) in [6, 6.07) is 3.12. The molecule has 23 heavy (non-hydrogen) atoms. The Kier molecular flexibility index (Phi) is 4.92. The molecule has 1 N–H and O–H groups in total. The van der Waals surface area contributed by atoms with E-state index in [1.165, 1.54) is 23.7 Å². The largest absolute Gasteiger partial charge is 0.337 e. The fourth-order valence-corrected chi connectivity index (χ4v) is 3.08. The highest BCUT2D eigenvalue weighted by Crippen LogP contribution is 2.18. The number of halogens is 2. The number of aromatic nitrogens is 2. The van der Waals surface area contributed by atoms with Gasteiger partial charge in [0.05, 0.1) is 11.7 Å². The molecule has 1 atom stereocenters. The number of piperidine rings is 1. The fraction of sp³-hybridized carbons (Fsp3) is 0.400. The highest BCUT2D eigenvalue weighted by atomic mass is 32.1. The van der Waals surface area contributed by atoms with E-state index in [4.69, 9.17) is 0 Å². The Labute approximate surface area is 136 Å². The van der Waals surface area contributed by atoms with Gasteiger partial charge in [0, 0.05) is 36.6 Å². The summed E-state index contributed by atoms with van der Waals surface area (Å²) in [6.45, 7) is 1.21. The maximum Gasteiger partial charge on any atom is 0.240 e. The molecule has 1 aliphatic heterocycles. The molecule has 0 spiro atoms. The Morgan fingerprint density at radius 1 is 1.39 bits per heavy atom. The topological polar surface area (TPSA) is 58.1 Å². The van der Waals surface area contributed by atoms with Gasteiger partial charge in [-0.05, 0) is 30.4 Å². The number of hydrogen-bond donors (Lipinski definition) is 1. The van der Waals surface area contributed by atoms with E-state index >= 15 is 0 Å². The van der Waals surface area contributed by atoms with E-state index in [1.807, 2.05) is 5.38 Å². The molecule has 1 aromatic heterocycles. The van der Waals surface area contributed by atoms with Gasteiger partial charge in [-0.3, -0.25) is 4.79 Å². The number of nitrogens with one attached hydrogen (secondary N) is 1. The molecule has 2 heterocycles. The van der Waals surface area contributed by atoms with Gasteiger partial charge in [-0.15, -0.1) is 5.10 Å². The van der Waals surface area contributed by atoms with Gasteiger partial charge in [0.1, 0.15) is 11.6 Å². The van der Waals surface area contributed by atoms with Crippen molar-refractivity contribution < 1.29 is 13.6 Å². The van der Waals surface area contributed by atoms with E-state index in [0.717, 1.165) is 24.6 Å². The van der Waals surface area contributed by atoms with E-state index in [9.17, 15) is 13.6 Å². The standard InChI is InChI=1S/C15H16F2N4OS/c16-11-4-3-10(13(17)6-11)8-21-5-1-2-14(15(21)22)18-7-12-9-23-20-19-12/h3-4,6,9,14,18H,1-2,5,7-8H2/t14-/m0/s1. The zero-order chi connectivity index (χ0) is 16.2. The van der Waals surface area contributed by atoms with Crippen molar-refractivity contribution in [1.29, 1.82) is 0 Å². The molecule has 122 valence electrons. The quantitative estimate of drug-likeness (QED) is 0.907. The summed E-state index contributed by atoms with van der Waals surface area (Å²) in [6.07, 6.45) is 1.57. The number of carbonyl (C=O) groups excluding carboxylic acids is 1. The highest BCUT2D eigenvalue weighted by Gasteiger charge is 2.28. The number of benzene rings is 1. The van der Waals surface area contributed by atoms with Crippen LogP contribution in [0, 0.1) is 11.6 Å². The first kappa shape index (κ1) is 15.9. The Morgan fingerprint density at radius 2 is 2.26 bits per heavy atom. The molecular formula is C15H16F2N4OS. The van der Waals surface area contributed by atoms with Crippen molar-refractivity contribution in [2.45, 2.75) is 32.0 Å². The summed E-state index contributed by atoms with van der Waals surface area (Å²) in [4.78, 5) is 14.1. The molecule has 0 saturated carbocycles. The summed E-state index contributed by atoms with van der Waals surface area (Å²) in [5.41, 5.74) is 1.12. The molecule has 1 fully saturated rings. The van der Waals surface area contributed by atoms with Gasteiger partial charge in [-0.2, -0.15) is 0 Å². The number of likely N-dealkylation sites (tertiary alicyclic amines) is 1. The second-order valence-electron chi connectivity index (χ2n) is 5.47. The van der Waals surface area contributed by atoms with Crippen molar-refractivity contribution in [3.8, 4) is 0 Å². The van der Waals surface area contributed by atoms with Gasteiger partial charge < -0.3 is 10.2 Å². The van der Waals surface area contributed by atoms with Crippen molar-refractivity contribution >= 4 is 17.4 Å². The van der Waals surface area contributed by atoms with Crippen LogP contribution in [0.3, 0.4) is 0 Å². The fourth-order valence-electron chi connectivity index (χ4n) is 2.63. The molecule has 1 amide bonds. The third-order valence-electron chi connectivity index (χ3n) is 3.84. The lowest BCUT2D eigenvalue weighted by molar-refractivity contribution is -0.136. The molecule has 0 unspecified atom stereocenters. The number of hydrogen-bond acceptors (Lipinski definition) is 5. The summed E-state index contributed by atoms with van der Waals surface area (Å²) < 4.78 is 30.5. The zero-order valence-corrected chi connectivity index (χ0v) is 13.2. The van der Waals surface area contributed by atoms with Gasteiger partial charge in [-0.1, -0.05) is 10.6 Å². The molecule has 2 aromatic rings. The number of rotatable bonds is 5.